The highest BCUT2D eigenvalue weighted by Crippen LogP contribution is 2.42. The van der Waals surface area contributed by atoms with Gasteiger partial charge in [-0.15, -0.1) is 11.3 Å². The molecule has 1 saturated carbocycles. The van der Waals surface area contributed by atoms with Gasteiger partial charge in [0.25, 0.3) is 0 Å². The molecule has 1 aromatic heterocycles. The van der Waals surface area contributed by atoms with Crippen molar-refractivity contribution in [2.75, 3.05) is 0 Å². The average Bonchev–Trinajstić information content (AvgIpc) is 2.93. The lowest BCUT2D eigenvalue weighted by molar-refractivity contribution is 0.343. The molecule has 23 heavy (non-hydrogen) atoms. The molecule has 0 amide bonds. The van der Waals surface area contributed by atoms with E-state index in [1.54, 1.807) is 13.0 Å². The molecule has 0 N–H and O–H groups in total. The molecule has 0 bridgehead atoms. The molecule has 2 aromatic carbocycles. The molecule has 4 rings (SSSR count). The third-order valence-corrected chi connectivity index (χ3v) is 6.57. The van der Waals surface area contributed by atoms with E-state index in [1.165, 1.54) is 24.2 Å². The number of rotatable bonds is 1. The molecule has 0 atom stereocenters. The van der Waals surface area contributed by atoms with Gasteiger partial charge in [0.2, 0.25) is 0 Å². The summed E-state index contributed by atoms with van der Waals surface area (Å²) in [5, 5.41) is 1.67. The zero-order valence-electron chi connectivity index (χ0n) is 13.5. The number of hydrogen-bond donors (Lipinski definition) is 0. The number of hydrogen-bond acceptors (Lipinski definition) is 1. The summed E-state index contributed by atoms with van der Waals surface area (Å²) >= 11 is 1.26. The Morgan fingerprint density at radius 1 is 0.913 bits per heavy atom. The third-order valence-electron chi connectivity index (χ3n) is 5.37. The van der Waals surface area contributed by atoms with Gasteiger partial charge in [0.05, 0.1) is 9.40 Å². The van der Waals surface area contributed by atoms with Crippen LogP contribution in [0.3, 0.4) is 0 Å². The van der Waals surface area contributed by atoms with E-state index in [2.05, 4.69) is 6.92 Å². The summed E-state index contributed by atoms with van der Waals surface area (Å²) in [7, 11) is 0. The van der Waals surface area contributed by atoms with Crippen molar-refractivity contribution in [2.45, 2.75) is 45.4 Å². The minimum atomic E-state index is -0.212. The Bertz CT molecular complexity index is 892. The van der Waals surface area contributed by atoms with Crippen LogP contribution in [0.2, 0.25) is 0 Å². The zero-order chi connectivity index (χ0) is 16.1. The van der Waals surface area contributed by atoms with Crippen molar-refractivity contribution < 1.29 is 10.2 Å². The molecule has 0 spiro atoms. The number of aryl methyl sites for hydroxylation is 1. The van der Waals surface area contributed by atoms with E-state index in [1.807, 2.05) is 18.2 Å². The minimum absolute atomic E-state index is 0. The SMILES string of the molecule is Cc1ccc2c(sc3c(F)c(C4CCC(C)CC4)ccc32)c1F.[HH]. The highest BCUT2D eigenvalue weighted by molar-refractivity contribution is 7.25. The molecule has 1 heterocycles. The van der Waals surface area contributed by atoms with Crippen molar-refractivity contribution in [1.29, 1.82) is 0 Å². The predicted octanol–water partition coefficient (Wildman–Crippen LogP) is 7.18. The molecule has 0 radical (unpaired) electrons. The third kappa shape index (κ3) is 2.37. The standard InChI is InChI=1S/C20H20F2S.H2/c1-11-3-6-13(7-4-11)14-9-10-16-15-8-5-12(2)17(21)19(15)23-20(16)18(14)22;/h5,8-11,13H,3-4,6-7H2,1-2H3;1H. The lowest BCUT2D eigenvalue weighted by Gasteiger charge is -2.26. The molecular weight excluding hydrogens is 310 g/mol. The van der Waals surface area contributed by atoms with Gasteiger partial charge in [-0.1, -0.05) is 44.0 Å². The van der Waals surface area contributed by atoms with Crippen LogP contribution in [-0.4, -0.2) is 0 Å². The summed E-state index contributed by atoms with van der Waals surface area (Å²) in [6, 6.07) is 7.60. The van der Waals surface area contributed by atoms with Crippen LogP contribution >= 0.6 is 11.3 Å². The van der Waals surface area contributed by atoms with Crippen molar-refractivity contribution >= 4 is 31.5 Å². The minimum Gasteiger partial charge on any atom is -0.205 e. The number of benzene rings is 2. The van der Waals surface area contributed by atoms with Gasteiger partial charge in [-0.3, -0.25) is 0 Å². The molecule has 0 saturated heterocycles. The van der Waals surface area contributed by atoms with Crippen molar-refractivity contribution in [1.82, 2.24) is 0 Å². The zero-order valence-corrected chi connectivity index (χ0v) is 14.3. The van der Waals surface area contributed by atoms with Gasteiger partial charge >= 0.3 is 0 Å². The van der Waals surface area contributed by atoms with Crippen LogP contribution in [-0.2, 0) is 0 Å². The highest BCUT2D eigenvalue weighted by atomic mass is 32.1. The van der Waals surface area contributed by atoms with Crippen molar-refractivity contribution in [3.05, 3.63) is 47.0 Å². The Morgan fingerprint density at radius 2 is 1.52 bits per heavy atom. The molecule has 122 valence electrons. The first-order valence-corrected chi connectivity index (χ1v) is 9.17. The van der Waals surface area contributed by atoms with E-state index in [0.29, 0.717) is 20.9 Å². The number of thiophene rings is 1. The lowest BCUT2D eigenvalue weighted by Crippen LogP contribution is -2.12. The van der Waals surface area contributed by atoms with Gasteiger partial charge in [-0.25, -0.2) is 8.78 Å². The maximum atomic E-state index is 15.1. The largest absolute Gasteiger partial charge is 0.205 e. The molecule has 0 unspecified atom stereocenters. The van der Waals surface area contributed by atoms with Crippen LogP contribution in [0, 0.1) is 24.5 Å². The van der Waals surface area contributed by atoms with Crippen molar-refractivity contribution in [3.63, 3.8) is 0 Å². The summed E-state index contributed by atoms with van der Waals surface area (Å²) in [6.07, 6.45) is 4.45. The Kier molecular flexibility index (Phi) is 3.64. The average molecular weight is 332 g/mol. The van der Waals surface area contributed by atoms with E-state index >= 15 is 4.39 Å². The predicted molar refractivity (Wildman–Crippen MR) is 96.5 cm³/mol. The van der Waals surface area contributed by atoms with Gasteiger partial charge in [0, 0.05) is 12.2 Å². The number of halogens is 2. The Morgan fingerprint density at radius 3 is 2.22 bits per heavy atom. The monoisotopic (exact) mass is 332 g/mol. The Balaban J connectivity index is 0.00000169. The first kappa shape index (κ1) is 15.1. The molecule has 3 heteroatoms. The molecule has 3 aromatic rings. The van der Waals surface area contributed by atoms with E-state index in [9.17, 15) is 4.39 Å². The smallest absolute Gasteiger partial charge is 0.144 e. The normalized spacial score (nSPS) is 22.1. The molecule has 0 nitrogen and oxygen atoms in total. The van der Waals surface area contributed by atoms with Crippen LogP contribution in [0.5, 0.6) is 0 Å². The van der Waals surface area contributed by atoms with Crippen LogP contribution in [0.25, 0.3) is 20.2 Å². The van der Waals surface area contributed by atoms with Gasteiger partial charge in [0.1, 0.15) is 11.6 Å². The van der Waals surface area contributed by atoms with E-state index in [0.717, 1.165) is 35.1 Å². The topological polar surface area (TPSA) is 0 Å². The quantitative estimate of drug-likeness (QED) is 0.442. The first-order valence-electron chi connectivity index (χ1n) is 8.36. The maximum absolute atomic E-state index is 15.1. The van der Waals surface area contributed by atoms with Crippen LogP contribution in [0.1, 0.15) is 51.1 Å². The second-order valence-electron chi connectivity index (χ2n) is 6.98. The summed E-state index contributed by atoms with van der Waals surface area (Å²) in [4.78, 5) is 0. The van der Waals surface area contributed by atoms with E-state index < -0.39 is 0 Å². The summed E-state index contributed by atoms with van der Waals surface area (Å²) in [5.74, 6) is 0.725. The maximum Gasteiger partial charge on any atom is 0.144 e. The van der Waals surface area contributed by atoms with Crippen LogP contribution in [0.15, 0.2) is 24.3 Å². The molecular formula is C20H22F2S. The molecule has 1 aliphatic carbocycles. The first-order chi connectivity index (χ1) is 11.1. The van der Waals surface area contributed by atoms with Crippen molar-refractivity contribution in [3.8, 4) is 0 Å². The number of fused-ring (bicyclic) bond motifs is 3. The van der Waals surface area contributed by atoms with Crippen molar-refractivity contribution in [2.24, 2.45) is 5.92 Å². The fraction of sp³-hybridized carbons (Fsp3) is 0.400. The van der Waals surface area contributed by atoms with Crippen LogP contribution in [0.4, 0.5) is 8.78 Å². The van der Waals surface area contributed by atoms with Gasteiger partial charge < -0.3 is 0 Å². The second kappa shape index (κ2) is 5.55. The van der Waals surface area contributed by atoms with Gasteiger partial charge in [-0.05, 0) is 42.7 Å². The Labute approximate surface area is 140 Å². The summed E-state index contributed by atoms with van der Waals surface area (Å²) in [6.45, 7) is 4.02. The van der Waals surface area contributed by atoms with Gasteiger partial charge in [0.15, 0.2) is 0 Å². The molecule has 1 aliphatic rings. The Hall–Kier alpha value is -1.48. The molecule has 0 aliphatic heterocycles. The lowest BCUT2D eigenvalue weighted by atomic mass is 9.79. The van der Waals surface area contributed by atoms with E-state index in [4.69, 9.17) is 0 Å². The fourth-order valence-electron chi connectivity index (χ4n) is 3.84. The highest BCUT2D eigenvalue weighted by Gasteiger charge is 2.24. The van der Waals surface area contributed by atoms with Gasteiger partial charge in [-0.2, -0.15) is 0 Å². The van der Waals surface area contributed by atoms with E-state index in [-0.39, 0.29) is 13.1 Å². The fourth-order valence-corrected chi connectivity index (χ4v) is 5.08. The van der Waals surface area contributed by atoms with Crippen LogP contribution < -0.4 is 0 Å². The summed E-state index contributed by atoms with van der Waals surface area (Å²) in [5.41, 5.74) is 1.44. The summed E-state index contributed by atoms with van der Waals surface area (Å²) < 4.78 is 30.7. The molecule has 1 fully saturated rings. The second-order valence-corrected chi connectivity index (χ2v) is 8.00.